The molecule has 3 heteroatoms. The van der Waals surface area contributed by atoms with E-state index in [1.807, 2.05) is 11.7 Å². The second-order valence-electron chi connectivity index (χ2n) is 4.81. The van der Waals surface area contributed by atoms with Gasteiger partial charge >= 0.3 is 0 Å². The number of hydrogen-bond donors (Lipinski definition) is 1. The number of hydrogen-bond acceptors (Lipinski definition) is 3. The van der Waals surface area contributed by atoms with E-state index in [0.29, 0.717) is 0 Å². The first kappa shape index (κ1) is 10.9. The number of aryl methyl sites for hydroxylation is 1. The highest BCUT2D eigenvalue weighted by Crippen LogP contribution is 2.31. The van der Waals surface area contributed by atoms with Gasteiger partial charge in [0.2, 0.25) is 0 Å². The highest BCUT2D eigenvalue weighted by atomic mass is 32.1. The zero-order valence-electron chi connectivity index (χ0n) is 9.60. The summed E-state index contributed by atoms with van der Waals surface area (Å²) in [6, 6.07) is 8.43. The summed E-state index contributed by atoms with van der Waals surface area (Å²) in [5, 5.41) is 10.7. The average Bonchev–Trinajstić information content (AvgIpc) is 2.81. The van der Waals surface area contributed by atoms with Gasteiger partial charge in [0.1, 0.15) is 0 Å². The predicted octanol–water partition coefficient (Wildman–Crippen LogP) is 2.61. The Hall–Kier alpha value is -1.19. The van der Waals surface area contributed by atoms with Gasteiger partial charge in [0.15, 0.2) is 0 Å². The van der Waals surface area contributed by atoms with E-state index in [1.165, 1.54) is 16.0 Å². The molecule has 0 saturated carbocycles. The fourth-order valence-electron chi connectivity index (χ4n) is 2.59. The highest BCUT2D eigenvalue weighted by Gasteiger charge is 2.32. The summed E-state index contributed by atoms with van der Waals surface area (Å²) in [6.45, 7) is 0. The largest absolute Gasteiger partial charge is 0.389 e. The molecule has 0 amide bonds. The summed E-state index contributed by atoms with van der Waals surface area (Å²) in [5.74, 6) is 0. The van der Waals surface area contributed by atoms with Crippen LogP contribution in [0.4, 0.5) is 0 Å². The van der Waals surface area contributed by atoms with Crippen LogP contribution in [0.2, 0.25) is 0 Å². The van der Waals surface area contributed by atoms with Gasteiger partial charge in [-0.15, -0.1) is 11.3 Å². The maximum atomic E-state index is 10.7. The molecule has 0 radical (unpaired) electrons. The molecule has 88 valence electrons. The third-order valence-electron chi connectivity index (χ3n) is 3.48. The first-order valence-corrected chi connectivity index (χ1v) is 6.80. The molecular formula is C14H15NOS. The normalized spacial score (nSPS) is 23.4. The lowest BCUT2D eigenvalue weighted by Gasteiger charge is -2.33. The van der Waals surface area contributed by atoms with Gasteiger partial charge in [-0.05, 0) is 24.0 Å². The van der Waals surface area contributed by atoms with E-state index in [1.54, 1.807) is 11.3 Å². The third kappa shape index (κ3) is 2.26. The standard InChI is InChI=1S/C14H15NOS/c16-14(8-13-9-15-10-17-13)6-5-11-3-1-2-4-12(11)7-14/h1-4,9-10,16H,5-8H2. The molecule has 1 aliphatic rings. The second kappa shape index (κ2) is 4.24. The molecule has 2 nitrogen and oxygen atoms in total. The smallest absolute Gasteiger partial charge is 0.0794 e. The molecule has 2 aromatic rings. The van der Waals surface area contributed by atoms with E-state index in [2.05, 4.69) is 29.2 Å². The first-order chi connectivity index (χ1) is 8.25. The monoisotopic (exact) mass is 245 g/mol. The number of thiazole rings is 1. The molecule has 0 spiro atoms. The molecule has 1 aliphatic carbocycles. The van der Waals surface area contributed by atoms with Crippen molar-refractivity contribution in [2.45, 2.75) is 31.3 Å². The molecule has 0 fully saturated rings. The van der Waals surface area contributed by atoms with Crippen molar-refractivity contribution in [1.29, 1.82) is 0 Å². The van der Waals surface area contributed by atoms with Gasteiger partial charge < -0.3 is 5.11 Å². The van der Waals surface area contributed by atoms with Gasteiger partial charge in [0.25, 0.3) is 0 Å². The fraction of sp³-hybridized carbons (Fsp3) is 0.357. The lowest BCUT2D eigenvalue weighted by molar-refractivity contribution is 0.0274. The van der Waals surface area contributed by atoms with Gasteiger partial charge in [0, 0.05) is 23.9 Å². The quantitative estimate of drug-likeness (QED) is 0.882. The maximum absolute atomic E-state index is 10.7. The molecule has 0 aliphatic heterocycles. The number of nitrogens with zero attached hydrogens (tertiary/aromatic N) is 1. The highest BCUT2D eigenvalue weighted by molar-refractivity contribution is 7.09. The van der Waals surface area contributed by atoms with Crippen LogP contribution in [0.3, 0.4) is 0 Å². The maximum Gasteiger partial charge on any atom is 0.0794 e. The van der Waals surface area contributed by atoms with E-state index in [-0.39, 0.29) is 0 Å². The van der Waals surface area contributed by atoms with E-state index < -0.39 is 5.60 Å². The molecule has 1 unspecified atom stereocenters. The van der Waals surface area contributed by atoms with Crippen LogP contribution in [0.1, 0.15) is 22.4 Å². The van der Waals surface area contributed by atoms with Crippen molar-refractivity contribution in [3.05, 3.63) is 52.0 Å². The van der Waals surface area contributed by atoms with Gasteiger partial charge in [-0.1, -0.05) is 24.3 Å². The Morgan fingerprint density at radius 1 is 1.29 bits per heavy atom. The Morgan fingerprint density at radius 2 is 2.12 bits per heavy atom. The van der Waals surface area contributed by atoms with Gasteiger partial charge in [0.05, 0.1) is 11.1 Å². The summed E-state index contributed by atoms with van der Waals surface area (Å²) in [6.07, 6.45) is 5.18. The van der Waals surface area contributed by atoms with Crippen LogP contribution in [-0.4, -0.2) is 15.7 Å². The van der Waals surface area contributed by atoms with Crippen LogP contribution in [0.15, 0.2) is 36.0 Å². The number of aromatic nitrogens is 1. The Labute approximate surface area is 105 Å². The van der Waals surface area contributed by atoms with E-state index in [4.69, 9.17) is 0 Å². The van der Waals surface area contributed by atoms with E-state index in [9.17, 15) is 5.11 Å². The van der Waals surface area contributed by atoms with Crippen LogP contribution < -0.4 is 0 Å². The SMILES string of the molecule is OC1(Cc2cncs2)CCc2ccccc2C1. The zero-order chi connectivity index (χ0) is 11.7. The van der Waals surface area contributed by atoms with Crippen LogP contribution >= 0.6 is 11.3 Å². The van der Waals surface area contributed by atoms with Crippen LogP contribution in [0.25, 0.3) is 0 Å². The number of benzene rings is 1. The van der Waals surface area contributed by atoms with Crippen molar-refractivity contribution in [3.8, 4) is 0 Å². The minimum atomic E-state index is -0.582. The molecule has 1 aromatic carbocycles. The summed E-state index contributed by atoms with van der Waals surface area (Å²) < 4.78 is 0. The van der Waals surface area contributed by atoms with Crippen LogP contribution in [0.5, 0.6) is 0 Å². The third-order valence-corrected chi connectivity index (χ3v) is 4.26. The molecule has 3 rings (SSSR count). The summed E-state index contributed by atoms with van der Waals surface area (Å²) in [4.78, 5) is 5.24. The van der Waals surface area contributed by atoms with Crippen molar-refractivity contribution in [3.63, 3.8) is 0 Å². The molecule has 17 heavy (non-hydrogen) atoms. The zero-order valence-corrected chi connectivity index (χ0v) is 10.4. The van der Waals surface area contributed by atoms with Crippen molar-refractivity contribution >= 4 is 11.3 Å². The summed E-state index contributed by atoms with van der Waals surface area (Å²) >= 11 is 1.63. The molecule has 0 saturated heterocycles. The molecule has 1 aromatic heterocycles. The van der Waals surface area contributed by atoms with Crippen LogP contribution in [0, 0.1) is 0 Å². The molecular weight excluding hydrogens is 230 g/mol. The molecule has 0 bridgehead atoms. The fourth-order valence-corrected chi connectivity index (χ4v) is 3.32. The predicted molar refractivity (Wildman–Crippen MR) is 69.2 cm³/mol. The molecule has 1 atom stereocenters. The minimum absolute atomic E-state index is 0.582. The summed E-state index contributed by atoms with van der Waals surface area (Å²) in [7, 11) is 0. The van der Waals surface area contributed by atoms with Crippen molar-refractivity contribution < 1.29 is 5.11 Å². The Bertz CT molecular complexity index is 509. The van der Waals surface area contributed by atoms with Crippen molar-refractivity contribution in [2.75, 3.05) is 0 Å². The first-order valence-electron chi connectivity index (χ1n) is 5.92. The Kier molecular flexibility index (Phi) is 2.73. The lowest BCUT2D eigenvalue weighted by atomic mass is 9.78. The van der Waals surface area contributed by atoms with Crippen molar-refractivity contribution in [2.24, 2.45) is 0 Å². The molecule has 1 heterocycles. The van der Waals surface area contributed by atoms with Gasteiger partial charge in [-0.3, -0.25) is 4.98 Å². The Morgan fingerprint density at radius 3 is 2.88 bits per heavy atom. The second-order valence-corrected chi connectivity index (χ2v) is 5.79. The lowest BCUT2D eigenvalue weighted by Crippen LogP contribution is -2.37. The number of aliphatic hydroxyl groups is 1. The van der Waals surface area contributed by atoms with Gasteiger partial charge in [-0.25, -0.2) is 0 Å². The number of fused-ring (bicyclic) bond motifs is 1. The topological polar surface area (TPSA) is 33.1 Å². The van der Waals surface area contributed by atoms with Gasteiger partial charge in [-0.2, -0.15) is 0 Å². The van der Waals surface area contributed by atoms with E-state index >= 15 is 0 Å². The average molecular weight is 245 g/mol. The van der Waals surface area contributed by atoms with E-state index in [0.717, 1.165) is 25.7 Å². The molecule has 1 N–H and O–H groups in total. The minimum Gasteiger partial charge on any atom is -0.389 e. The summed E-state index contributed by atoms with van der Waals surface area (Å²) in [5.41, 5.74) is 3.93. The van der Waals surface area contributed by atoms with Crippen LogP contribution in [-0.2, 0) is 19.3 Å². The Balaban J connectivity index is 1.82. The van der Waals surface area contributed by atoms with Crippen molar-refractivity contribution in [1.82, 2.24) is 4.98 Å². The number of rotatable bonds is 2.